The minimum Gasteiger partial charge on any atom is -0.464 e. The molecule has 0 aromatic heterocycles. The van der Waals surface area contributed by atoms with E-state index in [1.807, 2.05) is 43.3 Å². The molecule has 5 rings (SSSR count). The number of hydrogen-bond donors (Lipinski definition) is 0. The van der Waals surface area contributed by atoms with Crippen LogP contribution in [-0.2, 0) is 21.5 Å². The van der Waals surface area contributed by atoms with Gasteiger partial charge in [-0.3, -0.25) is 9.69 Å². The van der Waals surface area contributed by atoms with Crippen molar-refractivity contribution in [3.05, 3.63) is 108 Å². The molecule has 0 amide bonds. The van der Waals surface area contributed by atoms with Crippen LogP contribution in [0, 0.1) is 17.8 Å². The van der Waals surface area contributed by atoms with Crippen LogP contribution in [-0.4, -0.2) is 30.6 Å². The van der Waals surface area contributed by atoms with Crippen LogP contribution in [0.1, 0.15) is 101 Å². The molecule has 0 spiro atoms. The van der Waals surface area contributed by atoms with Crippen molar-refractivity contribution in [2.45, 2.75) is 95.9 Å². The smallest absolute Gasteiger partial charge is 0.320 e. The predicted octanol–water partition coefficient (Wildman–Crippen LogP) is 9.60. The fraction of sp³-hybridized carbons (Fsp3) is 0.525. The van der Waals surface area contributed by atoms with Crippen molar-refractivity contribution in [3.63, 3.8) is 0 Å². The van der Waals surface area contributed by atoms with Crippen molar-refractivity contribution in [2.75, 3.05) is 19.7 Å². The predicted molar refractivity (Wildman–Crippen MR) is 178 cm³/mol. The van der Waals surface area contributed by atoms with Gasteiger partial charge in [-0.05, 0) is 67.1 Å². The van der Waals surface area contributed by atoms with Gasteiger partial charge >= 0.3 is 5.97 Å². The van der Waals surface area contributed by atoms with Gasteiger partial charge in [0.05, 0.1) is 6.61 Å². The normalized spacial score (nSPS) is 23.0. The van der Waals surface area contributed by atoms with Crippen LogP contribution in [0.4, 0.5) is 0 Å². The Labute approximate surface area is 261 Å². The Morgan fingerprint density at radius 2 is 1.21 bits per heavy atom. The lowest BCUT2D eigenvalue weighted by Gasteiger charge is -2.33. The van der Waals surface area contributed by atoms with Crippen molar-refractivity contribution in [1.29, 1.82) is 0 Å². The van der Waals surface area contributed by atoms with E-state index in [4.69, 9.17) is 4.74 Å². The highest BCUT2D eigenvalue weighted by Gasteiger charge is 2.39. The third-order valence-electron chi connectivity index (χ3n) is 10.3. The van der Waals surface area contributed by atoms with Crippen LogP contribution in [0.25, 0.3) is 0 Å². The van der Waals surface area contributed by atoms with E-state index >= 15 is 0 Å². The largest absolute Gasteiger partial charge is 0.464 e. The minimum absolute atomic E-state index is 0.131. The molecule has 2 bridgehead atoms. The zero-order valence-electron chi connectivity index (χ0n) is 26.5. The first-order chi connectivity index (χ1) is 21.1. The number of esters is 1. The Hall–Kier alpha value is -2.91. The molecule has 3 nitrogen and oxygen atoms in total. The Morgan fingerprint density at radius 1 is 0.674 bits per heavy atom. The number of benzene rings is 3. The maximum Gasteiger partial charge on any atom is 0.320 e. The van der Waals surface area contributed by atoms with E-state index in [1.165, 1.54) is 82.7 Å². The maximum absolute atomic E-state index is 14.2. The van der Waals surface area contributed by atoms with Crippen molar-refractivity contribution in [1.82, 2.24) is 4.90 Å². The SMILES string of the molecule is CC(C(=O)OCC1CCCCCCCCCCC2CCC1CN(Cc1ccccc1)C2)(c1ccccc1)c1ccccc1. The molecule has 3 atom stereocenters. The fourth-order valence-corrected chi connectivity index (χ4v) is 7.62. The molecule has 1 aliphatic carbocycles. The third-order valence-corrected chi connectivity index (χ3v) is 10.3. The van der Waals surface area contributed by atoms with Gasteiger partial charge in [-0.2, -0.15) is 0 Å². The number of hydrogen-bond acceptors (Lipinski definition) is 3. The summed E-state index contributed by atoms with van der Waals surface area (Å²) in [5.41, 5.74) is 2.54. The summed E-state index contributed by atoms with van der Waals surface area (Å²) in [6.45, 7) is 5.86. The highest BCUT2D eigenvalue weighted by molar-refractivity contribution is 5.87. The number of rotatable bonds is 7. The molecular formula is C40H53NO2. The second-order valence-electron chi connectivity index (χ2n) is 13.5. The summed E-state index contributed by atoms with van der Waals surface area (Å²) < 4.78 is 6.43. The fourth-order valence-electron chi connectivity index (χ4n) is 7.62. The van der Waals surface area contributed by atoms with Crippen molar-refractivity contribution in [2.24, 2.45) is 17.8 Å². The highest BCUT2D eigenvalue weighted by Crippen LogP contribution is 2.36. The summed E-state index contributed by atoms with van der Waals surface area (Å²) >= 11 is 0. The number of ether oxygens (including phenoxy) is 1. The molecular weight excluding hydrogens is 526 g/mol. The topological polar surface area (TPSA) is 29.5 Å². The van der Waals surface area contributed by atoms with Crippen LogP contribution < -0.4 is 0 Å². The van der Waals surface area contributed by atoms with E-state index < -0.39 is 5.41 Å². The van der Waals surface area contributed by atoms with Gasteiger partial charge in [0.15, 0.2) is 0 Å². The number of fused-ring (bicyclic) bond motifs is 3. The Morgan fingerprint density at radius 3 is 1.81 bits per heavy atom. The van der Waals surface area contributed by atoms with Crippen LogP contribution in [0.3, 0.4) is 0 Å². The average molecular weight is 580 g/mol. The van der Waals surface area contributed by atoms with Crippen molar-refractivity contribution >= 4 is 5.97 Å². The third kappa shape index (κ3) is 8.82. The lowest BCUT2D eigenvalue weighted by Crippen LogP contribution is -2.38. The molecule has 3 heteroatoms. The lowest BCUT2D eigenvalue weighted by molar-refractivity contribution is -0.150. The first-order valence-corrected chi connectivity index (χ1v) is 17.2. The quantitative estimate of drug-likeness (QED) is 0.261. The maximum atomic E-state index is 14.2. The summed E-state index contributed by atoms with van der Waals surface area (Å²) in [7, 11) is 0. The number of nitrogens with zero attached hydrogens (tertiary/aromatic N) is 1. The standard InChI is InChI=1S/C40H53NO2/c1-40(37-23-15-9-16-24-37,38-25-17-10-18-26-38)39(42)43-32-36-22-14-7-5-3-2-4-6-11-21-34-27-28-35(36)31-41(30-34)29-33-19-12-8-13-20-33/h8-10,12-13,15-20,23-26,34-36H,2-7,11,14,21-22,27-32H2,1H3. The number of likely N-dealkylation sites (tertiary alicyclic amines) is 1. The van der Waals surface area contributed by atoms with Gasteiger partial charge in [-0.25, -0.2) is 0 Å². The summed E-state index contributed by atoms with van der Waals surface area (Å²) in [5.74, 6) is 1.57. The van der Waals surface area contributed by atoms with E-state index in [0.29, 0.717) is 18.4 Å². The first-order valence-electron chi connectivity index (χ1n) is 17.2. The van der Waals surface area contributed by atoms with E-state index in [1.54, 1.807) is 0 Å². The summed E-state index contributed by atoms with van der Waals surface area (Å²) in [5, 5.41) is 0. The van der Waals surface area contributed by atoms with E-state index in [2.05, 4.69) is 59.5 Å². The monoisotopic (exact) mass is 579 g/mol. The summed E-state index contributed by atoms with van der Waals surface area (Å²) in [6.07, 6.45) is 15.8. The van der Waals surface area contributed by atoms with Crippen LogP contribution >= 0.6 is 0 Å². The molecule has 3 unspecified atom stereocenters. The second kappa shape index (κ2) is 16.2. The molecule has 230 valence electrons. The van der Waals surface area contributed by atoms with E-state index in [0.717, 1.165) is 36.6 Å². The zero-order chi connectivity index (χ0) is 29.7. The first kappa shape index (κ1) is 31.5. The molecule has 0 radical (unpaired) electrons. The molecule has 1 heterocycles. The zero-order valence-corrected chi connectivity index (χ0v) is 26.5. The van der Waals surface area contributed by atoms with E-state index in [-0.39, 0.29) is 5.97 Å². The van der Waals surface area contributed by atoms with Crippen LogP contribution in [0.15, 0.2) is 91.0 Å². The molecule has 2 aliphatic rings. The van der Waals surface area contributed by atoms with Gasteiger partial charge in [-0.1, -0.05) is 142 Å². The highest BCUT2D eigenvalue weighted by atomic mass is 16.5. The minimum atomic E-state index is -0.837. The number of carbonyl (C=O) groups is 1. The molecule has 3 aromatic rings. The molecule has 0 N–H and O–H groups in total. The summed E-state index contributed by atoms with van der Waals surface area (Å²) in [4.78, 5) is 16.9. The van der Waals surface area contributed by atoms with Gasteiger partial charge in [-0.15, -0.1) is 0 Å². The van der Waals surface area contributed by atoms with E-state index in [9.17, 15) is 4.79 Å². The lowest BCUT2D eigenvalue weighted by atomic mass is 9.76. The molecule has 1 saturated carbocycles. The van der Waals surface area contributed by atoms with Crippen LogP contribution in [0.2, 0.25) is 0 Å². The van der Waals surface area contributed by atoms with Gasteiger partial charge in [0, 0.05) is 19.6 Å². The Kier molecular flexibility index (Phi) is 11.9. The second-order valence-corrected chi connectivity index (χ2v) is 13.5. The van der Waals surface area contributed by atoms with Gasteiger partial charge < -0.3 is 4.74 Å². The van der Waals surface area contributed by atoms with Gasteiger partial charge in [0.1, 0.15) is 5.41 Å². The van der Waals surface area contributed by atoms with Crippen LogP contribution in [0.5, 0.6) is 0 Å². The van der Waals surface area contributed by atoms with Crippen molar-refractivity contribution < 1.29 is 9.53 Å². The Balaban J connectivity index is 1.36. The van der Waals surface area contributed by atoms with Gasteiger partial charge in [0.25, 0.3) is 0 Å². The van der Waals surface area contributed by atoms with Crippen molar-refractivity contribution in [3.8, 4) is 0 Å². The van der Waals surface area contributed by atoms with Gasteiger partial charge in [0.2, 0.25) is 0 Å². The average Bonchev–Trinajstić information content (AvgIpc) is 3.25. The summed E-state index contributed by atoms with van der Waals surface area (Å²) in [6, 6.07) is 31.3. The molecule has 3 aromatic carbocycles. The molecule has 1 aliphatic heterocycles. The number of carbonyl (C=O) groups excluding carboxylic acids is 1. The molecule has 43 heavy (non-hydrogen) atoms. The molecule has 1 saturated heterocycles. The molecule has 2 fully saturated rings. The Bertz CT molecular complexity index is 1170.